The van der Waals surface area contributed by atoms with E-state index in [2.05, 4.69) is 200 Å². The Kier molecular flexibility index (Phi) is 7.41. The molecule has 12 rings (SSSR count). The molecule has 2 aliphatic rings. The van der Waals surface area contributed by atoms with Crippen LogP contribution < -0.4 is 0 Å². The Morgan fingerprint density at radius 2 is 0.914 bits per heavy atom. The van der Waals surface area contributed by atoms with Gasteiger partial charge in [0.05, 0.1) is 16.8 Å². The second-order valence-electron chi connectivity index (χ2n) is 15.3. The van der Waals surface area contributed by atoms with Crippen molar-refractivity contribution in [2.24, 2.45) is 0 Å². The van der Waals surface area contributed by atoms with Gasteiger partial charge in [0, 0.05) is 26.5 Å². The second-order valence-corrected chi connectivity index (χ2v) is 16.4. The Bertz CT molecular complexity index is 3230. The molecular weight excluding hydrogens is 721 g/mol. The average Bonchev–Trinajstić information content (AvgIpc) is 3.59. The van der Waals surface area contributed by atoms with Crippen LogP contribution in [0, 0.1) is 0 Å². The quantitative estimate of drug-likeness (QED) is 0.167. The third-order valence-corrected chi connectivity index (χ3v) is 13.3. The maximum Gasteiger partial charge on any atom is 0.160 e. The maximum atomic E-state index is 5.27. The van der Waals surface area contributed by atoms with Gasteiger partial charge >= 0.3 is 0 Å². The predicted octanol–water partition coefficient (Wildman–Crippen LogP) is 14.3. The van der Waals surface area contributed by atoms with Crippen LogP contribution in [0.5, 0.6) is 0 Å². The van der Waals surface area contributed by atoms with E-state index >= 15 is 0 Å². The molecular formula is C55H34N2S. The van der Waals surface area contributed by atoms with Crippen LogP contribution in [0.4, 0.5) is 0 Å². The summed E-state index contributed by atoms with van der Waals surface area (Å²) in [6.07, 6.45) is 0. The highest BCUT2D eigenvalue weighted by molar-refractivity contribution is 7.99. The molecule has 58 heavy (non-hydrogen) atoms. The van der Waals surface area contributed by atoms with Crippen molar-refractivity contribution in [1.29, 1.82) is 0 Å². The number of benzene rings is 9. The van der Waals surface area contributed by atoms with Crippen molar-refractivity contribution in [3.05, 3.63) is 229 Å². The minimum Gasteiger partial charge on any atom is -0.228 e. The third kappa shape index (κ3) is 5.00. The summed E-state index contributed by atoms with van der Waals surface area (Å²) in [5.74, 6) is 0.705. The number of aromatic nitrogens is 2. The van der Waals surface area contributed by atoms with Gasteiger partial charge in [-0.2, -0.15) is 0 Å². The van der Waals surface area contributed by atoms with Crippen molar-refractivity contribution in [1.82, 2.24) is 9.97 Å². The van der Waals surface area contributed by atoms with E-state index < -0.39 is 0 Å². The Balaban J connectivity index is 0.990. The lowest BCUT2D eigenvalue weighted by Gasteiger charge is -2.39. The van der Waals surface area contributed by atoms with E-state index in [1.54, 1.807) is 0 Å². The Hall–Kier alpha value is -7.07. The molecule has 2 heterocycles. The van der Waals surface area contributed by atoms with Crippen molar-refractivity contribution in [3.8, 4) is 56.2 Å². The fourth-order valence-corrected chi connectivity index (χ4v) is 10.8. The number of hydrogen-bond acceptors (Lipinski definition) is 3. The van der Waals surface area contributed by atoms with Crippen molar-refractivity contribution < 1.29 is 0 Å². The van der Waals surface area contributed by atoms with E-state index in [1.807, 2.05) is 17.8 Å². The first-order chi connectivity index (χ1) is 28.7. The minimum absolute atomic E-state index is 0.386. The fourth-order valence-electron chi connectivity index (χ4n) is 9.53. The molecule has 9 aromatic carbocycles. The first-order valence-electron chi connectivity index (χ1n) is 19.8. The van der Waals surface area contributed by atoms with Gasteiger partial charge < -0.3 is 0 Å². The Morgan fingerprint density at radius 3 is 1.74 bits per heavy atom. The lowest BCUT2D eigenvalue weighted by molar-refractivity contribution is 0.722. The summed E-state index contributed by atoms with van der Waals surface area (Å²) in [5.41, 5.74) is 14.8. The normalized spacial score (nSPS) is 13.2. The number of fused-ring (bicyclic) bond motifs is 12. The molecule has 0 amide bonds. The highest BCUT2D eigenvalue weighted by Crippen LogP contribution is 2.62. The van der Waals surface area contributed by atoms with Crippen molar-refractivity contribution in [2.45, 2.75) is 15.2 Å². The molecule has 1 aliphatic carbocycles. The molecule has 0 radical (unpaired) electrons. The maximum absolute atomic E-state index is 5.27. The molecule has 2 nitrogen and oxygen atoms in total. The van der Waals surface area contributed by atoms with Crippen LogP contribution in [0.1, 0.15) is 22.3 Å². The molecule has 0 N–H and O–H groups in total. The average molecular weight is 755 g/mol. The van der Waals surface area contributed by atoms with Crippen LogP contribution in [-0.4, -0.2) is 9.97 Å². The molecule has 1 spiro atoms. The zero-order valence-corrected chi connectivity index (χ0v) is 32.2. The summed E-state index contributed by atoms with van der Waals surface area (Å²) in [4.78, 5) is 13.1. The summed E-state index contributed by atoms with van der Waals surface area (Å²) in [6, 6.07) is 75.0. The first kappa shape index (κ1) is 33.1. The molecule has 1 aliphatic heterocycles. The monoisotopic (exact) mass is 754 g/mol. The SMILES string of the molecule is c1ccc(-c2cc(-c3ccc4c(ccc5ccccc54)c3)nc(-c3cccc(-c4ccc5c(c4)Sc4ccccc4C54c5ccccc5-c5ccccc54)c3)n2)cc1. The van der Waals surface area contributed by atoms with Crippen LogP contribution in [0.15, 0.2) is 216 Å². The largest absolute Gasteiger partial charge is 0.228 e. The third-order valence-electron chi connectivity index (χ3n) is 12.1. The van der Waals surface area contributed by atoms with Crippen molar-refractivity contribution >= 4 is 33.3 Å². The Labute approximate surface area is 341 Å². The summed E-state index contributed by atoms with van der Waals surface area (Å²) in [5, 5.41) is 4.94. The molecule has 270 valence electrons. The van der Waals surface area contributed by atoms with Gasteiger partial charge in [0.15, 0.2) is 5.82 Å². The van der Waals surface area contributed by atoms with Gasteiger partial charge in [0.2, 0.25) is 0 Å². The minimum atomic E-state index is -0.386. The van der Waals surface area contributed by atoms with Crippen LogP contribution in [0.2, 0.25) is 0 Å². The van der Waals surface area contributed by atoms with Crippen molar-refractivity contribution in [3.63, 3.8) is 0 Å². The smallest absolute Gasteiger partial charge is 0.160 e. The molecule has 1 aromatic heterocycles. The van der Waals surface area contributed by atoms with Gasteiger partial charge in [-0.3, -0.25) is 0 Å². The van der Waals surface area contributed by atoms with Crippen LogP contribution in [0.3, 0.4) is 0 Å². The van der Waals surface area contributed by atoms with E-state index in [0.717, 1.165) is 33.6 Å². The molecule has 0 saturated heterocycles. The molecule has 0 bridgehead atoms. The van der Waals surface area contributed by atoms with Gasteiger partial charge in [-0.25, -0.2) is 9.97 Å². The van der Waals surface area contributed by atoms with Crippen LogP contribution in [0.25, 0.3) is 77.7 Å². The van der Waals surface area contributed by atoms with Gasteiger partial charge in [0.25, 0.3) is 0 Å². The lowest BCUT2D eigenvalue weighted by Crippen LogP contribution is -2.31. The first-order valence-corrected chi connectivity index (χ1v) is 20.6. The molecule has 3 heteroatoms. The summed E-state index contributed by atoms with van der Waals surface area (Å²) >= 11 is 1.88. The van der Waals surface area contributed by atoms with E-state index in [9.17, 15) is 0 Å². The highest BCUT2D eigenvalue weighted by atomic mass is 32.2. The van der Waals surface area contributed by atoms with Crippen molar-refractivity contribution in [2.75, 3.05) is 0 Å². The molecule has 0 unspecified atom stereocenters. The predicted molar refractivity (Wildman–Crippen MR) is 240 cm³/mol. The van der Waals surface area contributed by atoms with Crippen LogP contribution >= 0.6 is 11.8 Å². The lowest BCUT2D eigenvalue weighted by atomic mass is 9.67. The zero-order valence-electron chi connectivity index (χ0n) is 31.4. The topological polar surface area (TPSA) is 25.8 Å². The van der Waals surface area contributed by atoms with Crippen LogP contribution in [-0.2, 0) is 5.41 Å². The summed E-state index contributed by atoms with van der Waals surface area (Å²) < 4.78 is 0. The fraction of sp³-hybridized carbons (Fsp3) is 0.0182. The summed E-state index contributed by atoms with van der Waals surface area (Å²) in [6.45, 7) is 0. The van der Waals surface area contributed by atoms with E-state index in [1.165, 1.54) is 70.3 Å². The number of hydrogen-bond donors (Lipinski definition) is 0. The van der Waals surface area contributed by atoms with Gasteiger partial charge in [-0.15, -0.1) is 0 Å². The van der Waals surface area contributed by atoms with E-state index in [4.69, 9.17) is 9.97 Å². The molecule has 10 aromatic rings. The van der Waals surface area contributed by atoms with Gasteiger partial charge in [-0.1, -0.05) is 188 Å². The van der Waals surface area contributed by atoms with Gasteiger partial charge in [-0.05, 0) is 96.4 Å². The molecule has 0 fully saturated rings. The zero-order chi connectivity index (χ0) is 38.2. The van der Waals surface area contributed by atoms with Gasteiger partial charge in [0.1, 0.15) is 0 Å². The molecule has 0 saturated carbocycles. The number of nitrogens with zero attached hydrogens (tertiary/aromatic N) is 2. The standard InChI is InChI=1S/C55H34N2S/c1-2-14-36(15-3-1)50-34-51(40-27-29-43-39(32-40)26-25-35-13-4-5-18-42(35)43)57-54(56-50)41-17-12-16-37(31-41)38-28-30-49-53(33-38)58-52-24-11-10-23-48(52)55(49)46-21-8-6-19-44(46)45-20-7-9-22-47(45)55/h1-34H. The highest BCUT2D eigenvalue weighted by Gasteiger charge is 2.50. The summed E-state index contributed by atoms with van der Waals surface area (Å²) in [7, 11) is 0. The number of rotatable bonds is 4. The Morgan fingerprint density at radius 1 is 0.328 bits per heavy atom. The van der Waals surface area contributed by atoms with E-state index in [-0.39, 0.29) is 5.41 Å². The molecule has 0 atom stereocenters. The second kappa shape index (κ2) is 13.0. The van der Waals surface area contributed by atoms with E-state index in [0.29, 0.717) is 5.82 Å².